The Labute approximate surface area is 175 Å². The van der Waals surface area contributed by atoms with Crippen molar-refractivity contribution in [2.24, 2.45) is 0 Å². The van der Waals surface area contributed by atoms with Crippen LogP contribution in [-0.2, 0) is 0 Å². The van der Waals surface area contributed by atoms with Gasteiger partial charge in [0.05, 0.1) is 26.1 Å². The molecule has 5 aromatic rings. The molecule has 0 fully saturated rings. The van der Waals surface area contributed by atoms with Crippen LogP contribution in [0.25, 0.3) is 38.6 Å². The Morgan fingerprint density at radius 1 is 0.724 bits per heavy atom. The Kier molecular flexibility index (Phi) is 4.18. The highest BCUT2D eigenvalue weighted by atomic mass is 79.9. The van der Waals surface area contributed by atoms with Crippen LogP contribution in [0.3, 0.4) is 0 Å². The highest BCUT2D eigenvalue weighted by Crippen LogP contribution is 2.36. The zero-order chi connectivity index (χ0) is 20.0. The topological polar surface area (TPSA) is 48.1 Å². The average molecular weight is 443 g/mol. The van der Waals surface area contributed by atoms with Gasteiger partial charge >= 0.3 is 0 Å². The second-order valence-corrected chi connectivity index (χ2v) is 7.70. The second-order valence-electron chi connectivity index (χ2n) is 6.84. The van der Waals surface area contributed by atoms with E-state index >= 15 is 0 Å². The van der Waals surface area contributed by atoms with Crippen molar-refractivity contribution in [3.05, 3.63) is 106 Å². The van der Waals surface area contributed by atoms with Gasteiger partial charge < -0.3 is 4.57 Å². The van der Waals surface area contributed by atoms with Gasteiger partial charge in [0.15, 0.2) is 0 Å². The number of hydrogen-bond acceptors (Lipinski definition) is 2. The van der Waals surface area contributed by atoms with Crippen LogP contribution in [-0.4, -0.2) is 9.49 Å². The van der Waals surface area contributed by atoms with Gasteiger partial charge in [-0.05, 0) is 57.4 Å². The molecule has 0 N–H and O–H groups in total. The summed E-state index contributed by atoms with van der Waals surface area (Å²) in [5, 5.41) is 13.7. The zero-order valence-corrected chi connectivity index (χ0v) is 16.8. The van der Waals surface area contributed by atoms with Crippen LogP contribution in [0.4, 0.5) is 5.69 Å². The molecule has 5 rings (SSSR count). The quantitative estimate of drug-likeness (QED) is 0.220. The lowest BCUT2D eigenvalue weighted by atomic mass is 10.0. The van der Waals surface area contributed by atoms with Crippen molar-refractivity contribution in [3.8, 4) is 16.8 Å². The van der Waals surface area contributed by atoms with E-state index in [1.807, 2.05) is 42.5 Å². The predicted octanol–water partition coefficient (Wildman–Crippen LogP) is 7.12. The maximum Gasteiger partial charge on any atom is 0.285 e. The third kappa shape index (κ3) is 2.91. The lowest BCUT2D eigenvalue weighted by molar-refractivity contribution is -0.385. The molecule has 0 saturated heterocycles. The third-order valence-electron chi connectivity index (χ3n) is 5.16. The zero-order valence-electron chi connectivity index (χ0n) is 15.2. The van der Waals surface area contributed by atoms with Crippen LogP contribution in [0.2, 0.25) is 0 Å². The van der Waals surface area contributed by atoms with Crippen molar-refractivity contribution in [1.82, 2.24) is 4.57 Å². The van der Waals surface area contributed by atoms with E-state index in [0.717, 1.165) is 38.6 Å². The summed E-state index contributed by atoms with van der Waals surface area (Å²) in [6.07, 6.45) is 0. The molecule has 0 aliphatic rings. The number of rotatable bonds is 3. The normalized spacial score (nSPS) is 11.2. The smallest absolute Gasteiger partial charge is 0.285 e. The van der Waals surface area contributed by atoms with E-state index in [0.29, 0.717) is 4.47 Å². The SMILES string of the molecule is O=[N+]([O-])c1cc(-n2c3ccccc3c3cc(-c4ccccc4)ccc32)ccc1Br. The number of hydrogen-bond donors (Lipinski definition) is 0. The van der Waals surface area contributed by atoms with Gasteiger partial charge in [-0.1, -0.05) is 54.6 Å². The second kappa shape index (κ2) is 6.87. The minimum atomic E-state index is -0.366. The fraction of sp³-hybridized carbons (Fsp3) is 0. The van der Waals surface area contributed by atoms with E-state index in [9.17, 15) is 10.1 Å². The van der Waals surface area contributed by atoms with E-state index in [-0.39, 0.29) is 10.6 Å². The molecule has 0 amide bonds. The molecule has 140 valence electrons. The van der Waals surface area contributed by atoms with Gasteiger partial charge in [0.25, 0.3) is 5.69 Å². The molecule has 4 nitrogen and oxygen atoms in total. The highest BCUT2D eigenvalue weighted by molar-refractivity contribution is 9.10. The molecule has 0 bridgehead atoms. The van der Waals surface area contributed by atoms with Crippen molar-refractivity contribution < 1.29 is 4.92 Å². The largest absolute Gasteiger partial charge is 0.309 e. The van der Waals surface area contributed by atoms with E-state index in [2.05, 4.69) is 56.9 Å². The standard InChI is InChI=1S/C24H15BrN2O2/c25-21-12-11-18(15-24(21)27(28)29)26-22-9-5-4-8-19(22)20-14-17(10-13-23(20)26)16-6-2-1-3-7-16/h1-15H. The molecule has 0 radical (unpaired) electrons. The number of nitro benzene ring substituents is 1. The first-order chi connectivity index (χ1) is 14.1. The molecular weight excluding hydrogens is 428 g/mol. The molecular formula is C24H15BrN2O2. The summed E-state index contributed by atoms with van der Waals surface area (Å²) < 4.78 is 2.55. The van der Waals surface area contributed by atoms with Crippen LogP contribution < -0.4 is 0 Å². The van der Waals surface area contributed by atoms with Gasteiger partial charge in [-0.3, -0.25) is 10.1 Å². The first kappa shape index (κ1) is 17.6. The number of aromatic nitrogens is 1. The summed E-state index contributed by atoms with van der Waals surface area (Å²) in [6, 6.07) is 30.0. The summed E-state index contributed by atoms with van der Waals surface area (Å²) in [6.45, 7) is 0. The van der Waals surface area contributed by atoms with Crippen LogP contribution >= 0.6 is 15.9 Å². The van der Waals surface area contributed by atoms with E-state index in [1.54, 1.807) is 12.1 Å². The number of para-hydroxylation sites is 1. The summed E-state index contributed by atoms with van der Waals surface area (Å²) in [7, 11) is 0. The van der Waals surface area contributed by atoms with Crippen LogP contribution in [0.1, 0.15) is 0 Å². The first-order valence-electron chi connectivity index (χ1n) is 9.16. The summed E-state index contributed by atoms with van der Waals surface area (Å²) in [5.74, 6) is 0. The van der Waals surface area contributed by atoms with Gasteiger partial charge in [-0.15, -0.1) is 0 Å². The van der Waals surface area contributed by atoms with E-state index in [4.69, 9.17) is 0 Å². The predicted molar refractivity (Wildman–Crippen MR) is 121 cm³/mol. The molecule has 0 aliphatic carbocycles. The van der Waals surface area contributed by atoms with Gasteiger partial charge in [-0.25, -0.2) is 0 Å². The Morgan fingerprint density at radius 3 is 2.24 bits per heavy atom. The van der Waals surface area contributed by atoms with Crippen molar-refractivity contribution in [2.45, 2.75) is 0 Å². The Bertz CT molecular complexity index is 1390. The van der Waals surface area contributed by atoms with E-state index < -0.39 is 0 Å². The number of fused-ring (bicyclic) bond motifs is 3. The number of nitrogens with zero attached hydrogens (tertiary/aromatic N) is 2. The molecule has 1 heterocycles. The van der Waals surface area contributed by atoms with Gasteiger partial charge in [0.2, 0.25) is 0 Å². The average Bonchev–Trinajstić information content (AvgIpc) is 3.08. The van der Waals surface area contributed by atoms with Crippen molar-refractivity contribution in [2.75, 3.05) is 0 Å². The molecule has 0 unspecified atom stereocenters. The maximum absolute atomic E-state index is 11.4. The monoisotopic (exact) mass is 442 g/mol. The molecule has 0 spiro atoms. The lowest BCUT2D eigenvalue weighted by Crippen LogP contribution is -1.96. The maximum atomic E-state index is 11.4. The fourth-order valence-electron chi connectivity index (χ4n) is 3.84. The molecule has 1 aromatic heterocycles. The number of nitro groups is 1. The van der Waals surface area contributed by atoms with Gasteiger partial charge in [0.1, 0.15) is 0 Å². The number of benzene rings is 4. The minimum absolute atomic E-state index is 0.0503. The Balaban J connectivity index is 1.82. The summed E-state index contributed by atoms with van der Waals surface area (Å²) in [5.41, 5.74) is 5.15. The first-order valence-corrected chi connectivity index (χ1v) is 9.96. The van der Waals surface area contributed by atoms with Crippen molar-refractivity contribution >= 4 is 43.4 Å². The van der Waals surface area contributed by atoms with Crippen LogP contribution in [0.5, 0.6) is 0 Å². The van der Waals surface area contributed by atoms with Gasteiger partial charge in [0, 0.05) is 16.8 Å². The Hall–Kier alpha value is -3.44. The number of halogens is 1. The lowest BCUT2D eigenvalue weighted by Gasteiger charge is -2.09. The van der Waals surface area contributed by atoms with Crippen molar-refractivity contribution in [3.63, 3.8) is 0 Å². The molecule has 5 heteroatoms. The highest BCUT2D eigenvalue weighted by Gasteiger charge is 2.17. The van der Waals surface area contributed by atoms with Crippen LogP contribution in [0, 0.1) is 10.1 Å². The fourth-order valence-corrected chi connectivity index (χ4v) is 4.23. The molecule has 29 heavy (non-hydrogen) atoms. The molecule has 4 aromatic carbocycles. The molecule has 0 aliphatic heterocycles. The molecule has 0 saturated carbocycles. The van der Waals surface area contributed by atoms with Crippen LogP contribution in [0.15, 0.2) is 95.5 Å². The summed E-state index contributed by atoms with van der Waals surface area (Å²) in [4.78, 5) is 11.1. The van der Waals surface area contributed by atoms with Crippen molar-refractivity contribution in [1.29, 1.82) is 0 Å². The Morgan fingerprint density at radius 2 is 1.45 bits per heavy atom. The third-order valence-corrected chi connectivity index (χ3v) is 5.83. The van der Waals surface area contributed by atoms with E-state index in [1.165, 1.54) is 0 Å². The van der Waals surface area contributed by atoms with Gasteiger partial charge in [-0.2, -0.15) is 0 Å². The summed E-state index contributed by atoms with van der Waals surface area (Å²) >= 11 is 3.28. The minimum Gasteiger partial charge on any atom is -0.309 e. The molecule has 0 atom stereocenters.